The third-order valence-corrected chi connectivity index (χ3v) is 2.59. The number of carbonyl (C=O) groups excluding carboxylic acids is 1. The SMILES string of the molecule is C=C(C1=CCN(C(=O)OC(C)(C)C)CC1)C(F)(F)F. The van der Waals surface area contributed by atoms with Crippen LogP contribution in [0.2, 0.25) is 0 Å². The van der Waals surface area contributed by atoms with Crippen LogP contribution < -0.4 is 0 Å². The predicted octanol–water partition coefficient (Wildman–Crippen LogP) is 3.67. The highest BCUT2D eigenvalue weighted by atomic mass is 19.4. The fourth-order valence-electron chi connectivity index (χ4n) is 1.62. The molecular formula is C13H18F3NO2. The van der Waals surface area contributed by atoms with Gasteiger partial charge in [0.15, 0.2) is 0 Å². The topological polar surface area (TPSA) is 29.5 Å². The zero-order valence-corrected chi connectivity index (χ0v) is 11.3. The smallest absolute Gasteiger partial charge is 0.416 e. The molecule has 0 saturated heterocycles. The van der Waals surface area contributed by atoms with Crippen LogP contribution in [0, 0.1) is 0 Å². The second-order valence-electron chi connectivity index (χ2n) is 5.38. The van der Waals surface area contributed by atoms with Gasteiger partial charge in [0, 0.05) is 13.1 Å². The van der Waals surface area contributed by atoms with E-state index in [-0.39, 0.29) is 25.1 Å². The molecule has 0 saturated carbocycles. The van der Waals surface area contributed by atoms with Gasteiger partial charge in [-0.2, -0.15) is 13.2 Å². The van der Waals surface area contributed by atoms with Gasteiger partial charge in [-0.1, -0.05) is 12.7 Å². The molecule has 1 aliphatic heterocycles. The molecule has 6 heteroatoms. The van der Waals surface area contributed by atoms with Gasteiger partial charge in [-0.15, -0.1) is 0 Å². The van der Waals surface area contributed by atoms with Crippen LogP contribution in [0.5, 0.6) is 0 Å². The highest BCUT2D eigenvalue weighted by Crippen LogP contribution is 2.32. The van der Waals surface area contributed by atoms with Crippen LogP contribution in [0.3, 0.4) is 0 Å². The second-order valence-corrected chi connectivity index (χ2v) is 5.38. The van der Waals surface area contributed by atoms with Crippen molar-refractivity contribution in [2.24, 2.45) is 0 Å². The van der Waals surface area contributed by atoms with E-state index in [1.165, 1.54) is 11.0 Å². The van der Waals surface area contributed by atoms with Crippen LogP contribution in [0.25, 0.3) is 0 Å². The third-order valence-electron chi connectivity index (χ3n) is 2.59. The minimum atomic E-state index is -4.42. The molecule has 0 N–H and O–H groups in total. The molecule has 1 rings (SSSR count). The number of hydrogen-bond donors (Lipinski definition) is 0. The Hall–Kier alpha value is -1.46. The van der Waals surface area contributed by atoms with Crippen molar-refractivity contribution in [3.63, 3.8) is 0 Å². The molecule has 3 nitrogen and oxygen atoms in total. The molecule has 108 valence electrons. The summed E-state index contributed by atoms with van der Waals surface area (Å²) < 4.78 is 42.6. The van der Waals surface area contributed by atoms with E-state index in [4.69, 9.17) is 4.74 Å². The van der Waals surface area contributed by atoms with Crippen LogP contribution in [0.15, 0.2) is 23.8 Å². The van der Waals surface area contributed by atoms with Gasteiger partial charge < -0.3 is 9.64 Å². The maximum absolute atomic E-state index is 12.5. The van der Waals surface area contributed by atoms with Crippen LogP contribution in [0.4, 0.5) is 18.0 Å². The summed E-state index contributed by atoms with van der Waals surface area (Å²) in [6.45, 7) is 8.58. The second kappa shape index (κ2) is 5.27. The van der Waals surface area contributed by atoms with E-state index in [0.29, 0.717) is 0 Å². The average Bonchev–Trinajstić information content (AvgIpc) is 2.24. The first-order valence-corrected chi connectivity index (χ1v) is 5.94. The molecule has 0 atom stereocenters. The Morgan fingerprint density at radius 3 is 2.32 bits per heavy atom. The maximum atomic E-state index is 12.5. The van der Waals surface area contributed by atoms with Crippen LogP contribution >= 0.6 is 0 Å². The Labute approximate surface area is 110 Å². The number of alkyl halides is 3. The lowest BCUT2D eigenvalue weighted by molar-refractivity contribution is -0.0893. The molecule has 1 amide bonds. The molecule has 1 aliphatic rings. The number of hydrogen-bond acceptors (Lipinski definition) is 2. The van der Waals surface area contributed by atoms with Crippen molar-refractivity contribution in [3.8, 4) is 0 Å². The summed E-state index contributed by atoms with van der Waals surface area (Å²) in [4.78, 5) is 13.1. The van der Waals surface area contributed by atoms with E-state index in [9.17, 15) is 18.0 Å². The summed E-state index contributed by atoms with van der Waals surface area (Å²) >= 11 is 0. The molecule has 19 heavy (non-hydrogen) atoms. The summed E-state index contributed by atoms with van der Waals surface area (Å²) in [6, 6.07) is 0. The van der Waals surface area contributed by atoms with Crippen molar-refractivity contribution in [3.05, 3.63) is 23.8 Å². The summed E-state index contributed by atoms with van der Waals surface area (Å²) in [5.41, 5.74) is -1.31. The fourth-order valence-corrected chi connectivity index (χ4v) is 1.62. The maximum Gasteiger partial charge on any atom is 0.416 e. The number of carbonyl (C=O) groups is 1. The lowest BCUT2D eigenvalue weighted by Crippen LogP contribution is -2.39. The lowest BCUT2D eigenvalue weighted by atomic mass is 10.0. The van der Waals surface area contributed by atoms with Gasteiger partial charge in [-0.25, -0.2) is 4.79 Å². The summed E-state index contributed by atoms with van der Waals surface area (Å²) in [5, 5.41) is 0. The zero-order chi connectivity index (χ0) is 14.8. The monoisotopic (exact) mass is 277 g/mol. The minimum Gasteiger partial charge on any atom is -0.444 e. The number of halogens is 3. The van der Waals surface area contributed by atoms with E-state index < -0.39 is 23.4 Å². The lowest BCUT2D eigenvalue weighted by Gasteiger charge is -2.30. The molecule has 0 unspecified atom stereocenters. The molecule has 0 spiro atoms. The number of nitrogens with zero attached hydrogens (tertiary/aromatic N) is 1. The minimum absolute atomic E-state index is 0.110. The van der Waals surface area contributed by atoms with Gasteiger partial charge in [0.05, 0.1) is 5.57 Å². The van der Waals surface area contributed by atoms with Gasteiger partial charge in [0.1, 0.15) is 5.60 Å². The van der Waals surface area contributed by atoms with Crippen molar-refractivity contribution in [2.75, 3.05) is 13.1 Å². The number of rotatable bonds is 1. The fraction of sp³-hybridized carbons (Fsp3) is 0.615. The van der Waals surface area contributed by atoms with Gasteiger partial charge in [0.25, 0.3) is 0 Å². The largest absolute Gasteiger partial charge is 0.444 e. The van der Waals surface area contributed by atoms with Gasteiger partial charge >= 0.3 is 12.3 Å². The average molecular weight is 277 g/mol. The number of amides is 1. The molecule has 0 fully saturated rings. The summed E-state index contributed by atoms with van der Waals surface area (Å²) in [6.07, 6.45) is -3.42. The van der Waals surface area contributed by atoms with Gasteiger partial charge in [-0.05, 0) is 32.8 Å². The van der Waals surface area contributed by atoms with Crippen molar-refractivity contribution >= 4 is 6.09 Å². The van der Waals surface area contributed by atoms with E-state index in [0.717, 1.165) is 0 Å². The number of ether oxygens (including phenoxy) is 1. The molecule has 0 aromatic carbocycles. The van der Waals surface area contributed by atoms with Gasteiger partial charge in [-0.3, -0.25) is 0 Å². The normalized spacial score (nSPS) is 16.9. The predicted molar refractivity (Wildman–Crippen MR) is 65.7 cm³/mol. The Kier molecular flexibility index (Phi) is 4.32. The first-order valence-electron chi connectivity index (χ1n) is 5.94. The van der Waals surface area contributed by atoms with Crippen LogP contribution in [-0.2, 0) is 4.74 Å². The Balaban J connectivity index is 2.64. The molecule has 0 aromatic rings. The molecule has 0 aromatic heterocycles. The third kappa shape index (κ3) is 4.61. The molecule has 0 aliphatic carbocycles. The number of allylic oxidation sites excluding steroid dienone is 1. The van der Waals surface area contributed by atoms with Crippen molar-refractivity contribution < 1.29 is 22.7 Å². The van der Waals surface area contributed by atoms with E-state index in [1.54, 1.807) is 20.8 Å². The first kappa shape index (κ1) is 15.6. The Bertz CT molecular complexity index is 405. The quantitative estimate of drug-likeness (QED) is 0.732. The van der Waals surface area contributed by atoms with Crippen molar-refractivity contribution in [1.29, 1.82) is 0 Å². The molecular weight excluding hydrogens is 259 g/mol. The van der Waals surface area contributed by atoms with Crippen LogP contribution in [0.1, 0.15) is 27.2 Å². The van der Waals surface area contributed by atoms with E-state index >= 15 is 0 Å². The first-order chi connectivity index (χ1) is 8.50. The Morgan fingerprint density at radius 2 is 1.95 bits per heavy atom. The molecule has 0 bridgehead atoms. The van der Waals surface area contributed by atoms with Crippen LogP contribution in [-0.4, -0.2) is 35.9 Å². The molecule has 0 radical (unpaired) electrons. The van der Waals surface area contributed by atoms with Crippen molar-refractivity contribution in [2.45, 2.75) is 39.0 Å². The highest BCUT2D eigenvalue weighted by molar-refractivity contribution is 5.68. The van der Waals surface area contributed by atoms with Crippen molar-refractivity contribution in [1.82, 2.24) is 4.90 Å². The summed E-state index contributed by atoms with van der Waals surface area (Å²) in [7, 11) is 0. The standard InChI is InChI=1S/C13H18F3NO2/c1-9(13(14,15)16)10-5-7-17(8-6-10)11(18)19-12(2,3)4/h5H,1,6-8H2,2-4H3. The highest BCUT2D eigenvalue weighted by Gasteiger charge is 2.35. The molecule has 1 heterocycles. The zero-order valence-electron chi connectivity index (χ0n) is 11.3. The van der Waals surface area contributed by atoms with Gasteiger partial charge in [0.2, 0.25) is 0 Å². The van der Waals surface area contributed by atoms with E-state index in [2.05, 4.69) is 6.58 Å². The Morgan fingerprint density at radius 1 is 1.37 bits per heavy atom. The summed E-state index contributed by atoms with van der Waals surface area (Å²) in [5.74, 6) is 0. The van der Waals surface area contributed by atoms with E-state index in [1.807, 2.05) is 0 Å².